The van der Waals surface area contributed by atoms with Gasteiger partial charge in [0.2, 0.25) is 0 Å². The number of halogens is 1. The Morgan fingerprint density at radius 2 is 2.06 bits per heavy atom. The highest BCUT2D eigenvalue weighted by atomic mass is 19.1. The van der Waals surface area contributed by atoms with Gasteiger partial charge in [-0.15, -0.1) is 0 Å². The number of aromatic amines is 1. The Kier molecular flexibility index (Phi) is 4.41. The predicted octanol–water partition coefficient (Wildman–Crippen LogP) is 4.33. The topological polar surface area (TPSA) is 109 Å². The van der Waals surface area contributed by atoms with Crippen LogP contribution >= 0.6 is 0 Å². The van der Waals surface area contributed by atoms with Crippen LogP contribution in [0.4, 0.5) is 20.8 Å². The molecule has 5 fully saturated rings. The first-order valence-electron chi connectivity index (χ1n) is 12.3. The summed E-state index contributed by atoms with van der Waals surface area (Å²) in [7, 11) is 0. The molecule has 3 aromatic rings. The van der Waals surface area contributed by atoms with Gasteiger partial charge in [0.25, 0.3) is 0 Å². The Bertz CT molecular complexity index is 1230. The quantitative estimate of drug-likeness (QED) is 0.500. The molecule has 0 radical (unpaired) electrons. The van der Waals surface area contributed by atoms with E-state index < -0.39 is 18.4 Å². The van der Waals surface area contributed by atoms with Gasteiger partial charge < -0.3 is 15.4 Å². The van der Waals surface area contributed by atoms with Crippen LogP contribution < -0.4 is 10.6 Å². The van der Waals surface area contributed by atoms with Gasteiger partial charge in [-0.2, -0.15) is 10.2 Å². The molecule has 0 unspecified atom stereocenters. The van der Waals surface area contributed by atoms with Crippen molar-refractivity contribution in [2.75, 3.05) is 5.32 Å². The second kappa shape index (κ2) is 7.41. The van der Waals surface area contributed by atoms with Crippen molar-refractivity contribution in [1.82, 2.24) is 30.1 Å². The fourth-order valence-corrected chi connectivity index (χ4v) is 6.04. The maximum atomic E-state index is 15.2. The van der Waals surface area contributed by atoms with Crippen LogP contribution in [-0.4, -0.2) is 48.7 Å². The molecule has 3 N–H and O–H groups in total. The molecule has 3 aromatic heterocycles. The molecule has 8 rings (SSSR count). The zero-order chi connectivity index (χ0) is 22.9. The molecular formula is C24H28FN7O2. The molecule has 5 aliphatic rings. The summed E-state index contributed by atoms with van der Waals surface area (Å²) in [5.41, 5.74) is 2.61. The lowest BCUT2D eigenvalue weighted by Crippen LogP contribution is -2.68. The number of anilines is 2. The number of amides is 1. The van der Waals surface area contributed by atoms with Crippen LogP contribution in [0.1, 0.15) is 74.6 Å². The van der Waals surface area contributed by atoms with Gasteiger partial charge in [-0.1, -0.05) is 6.42 Å². The Labute approximate surface area is 195 Å². The maximum Gasteiger partial charge on any atom is 0.407 e. The molecule has 3 heterocycles. The average molecular weight is 466 g/mol. The summed E-state index contributed by atoms with van der Waals surface area (Å²) in [4.78, 5) is 16.7. The molecule has 34 heavy (non-hydrogen) atoms. The minimum atomic E-state index is -1.27. The number of alkyl carbamates (subject to hydrolysis) is 1. The van der Waals surface area contributed by atoms with E-state index in [1.54, 1.807) is 6.20 Å². The number of hydrogen-bond acceptors (Lipinski definition) is 6. The third-order valence-corrected chi connectivity index (χ3v) is 8.34. The number of nitrogens with one attached hydrogen (secondary N) is 3. The van der Waals surface area contributed by atoms with E-state index in [1.807, 2.05) is 16.8 Å². The lowest BCUT2D eigenvalue weighted by atomic mass is 9.50. The van der Waals surface area contributed by atoms with Gasteiger partial charge in [0.1, 0.15) is 17.8 Å². The molecule has 0 spiro atoms. The van der Waals surface area contributed by atoms with E-state index in [0.29, 0.717) is 36.1 Å². The zero-order valence-corrected chi connectivity index (χ0v) is 18.8. The largest absolute Gasteiger partial charge is 0.443 e. The zero-order valence-electron chi connectivity index (χ0n) is 18.8. The summed E-state index contributed by atoms with van der Waals surface area (Å²) >= 11 is 0. The van der Waals surface area contributed by atoms with Gasteiger partial charge in [0.05, 0.1) is 5.69 Å². The Morgan fingerprint density at radius 1 is 1.21 bits per heavy atom. The molecule has 0 aliphatic heterocycles. The summed E-state index contributed by atoms with van der Waals surface area (Å²) in [6.45, 7) is 0. The number of fused-ring (bicyclic) bond motifs is 1. The Hall–Kier alpha value is -3.17. The van der Waals surface area contributed by atoms with E-state index in [4.69, 9.17) is 9.84 Å². The van der Waals surface area contributed by atoms with Crippen LogP contribution in [0, 0.1) is 5.92 Å². The number of carbonyl (C=O) groups is 1. The molecule has 0 aromatic carbocycles. The SMILES string of the molecule is O=C(NC12CC(C1)C2)O[C@H]1CC[C@@H](c2cc(Nc3nccn4nc(C5CCC5)cc34)n[nH]2)[C@H]1F. The first-order valence-corrected chi connectivity index (χ1v) is 12.3. The lowest BCUT2D eigenvalue weighted by molar-refractivity contribution is -0.0532. The Balaban J connectivity index is 1.02. The number of aromatic nitrogens is 5. The predicted molar refractivity (Wildman–Crippen MR) is 122 cm³/mol. The minimum Gasteiger partial charge on any atom is -0.443 e. The highest BCUT2D eigenvalue weighted by Gasteiger charge is 2.58. The highest BCUT2D eigenvalue weighted by Crippen LogP contribution is 2.57. The van der Waals surface area contributed by atoms with Crippen molar-refractivity contribution in [1.29, 1.82) is 0 Å². The number of hydrogen-bond donors (Lipinski definition) is 3. The van der Waals surface area contributed by atoms with Crippen molar-refractivity contribution in [3.05, 3.63) is 35.9 Å². The third kappa shape index (κ3) is 3.25. The summed E-state index contributed by atoms with van der Waals surface area (Å²) in [5.74, 6) is 2.13. The van der Waals surface area contributed by atoms with Crippen LogP contribution in [-0.2, 0) is 4.74 Å². The molecule has 10 heteroatoms. The summed E-state index contributed by atoms with van der Waals surface area (Å²) in [5, 5.41) is 18.2. The lowest BCUT2D eigenvalue weighted by Gasteiger charge is -2.61. The van der Waals surface area contributed by atoms with E-state index in [0.717, 1.165) is 36.4 Å². The number of H-pyrrole nitrogens is 1. The van der Waals surface area contributed by atoms with E-state index >= 15 is 4.39 Å². The number of alkyl halides is 1. The van der Waals surface area contributed by atoms with Crippen molar-refractivity contribution in [3.8, 4) is 0 Å². The van der Waals surface area contributed by atoms with Crippen molar-refractivity contribution < 1.29 is 13.9 Å². The Morgan fingerprint density at radius 3 is 2.79 bits per heavy atom. The molecule has 9 nitrogen and oxygen atoms in total. The molecule has 5 aliphatic carbocycles. The van der Waals surface area contributed by atoms with E-state index in [9.17, 15) is 4.79 Å². The van der Waals surface area contributed by atoms with Gasteiger partial charge in [0.15, 0.2) is 11.6 Å². The highest BCUT2D eigenvalue weighted by molar-refractivity contribution is 5.72. The van der Waals surface area contributed by atoms with Crippen molar-refractivity contribution >= 4 is 23.2 Å². The van der Waals surface area contributed by atoms with Crippen molar-refractivity contribution in [3.63, 3.8) is 0 Å². The second-order valence-corrected chi connectivity index (χ2v) is 10.6. The molecule has 0 saturated heterocycles. The molecule has 3 atom stereocenters. The fourth-order valence-electron chi connectivity index (χ4n) is 6.04. The first kappa shape index (κ1) is 20.2. The standard InChI is InChI=1S/C24H28FN7O2/c25-21-15(4-5-19(21)34-23(33)28-24-10-13(11-24)12-24)17-9-20(30-29-17)27-22-18-8-16(14-2-1-3-14)31-32(18)7-6-26-22/h6-9,13-15,19,21H,1-5,10-12H2,(H,28,33)(H2,26,27,29,30)/t13?,15-,19-,21+,24?/m0/s1. The monoisotopic (exact) mass is 465 g/mol. The first-order chi connectivity index (χ1) is 16.6. The molecule has 1 amide bonds. The van der Waals surface area contributed by atoms with Crippen molar-refractivity contribution in [2.45, 2.75) is 81.0 Å². The third-order valence-electron chi connectivity index (χ3n) is 8.34. The maximum absolute atomic E-state index is 15.2. The summed E-state index contributed by atoms with van der Waals surface area (Å²) in [6.07, 6.45) is 8.86. The molecule has 178 valence electrons. The summed E-state index contributed by atoms with van der Waals surface area (Å²) in [6, 6.07) is 3.90. The number of carbonyl (C=O) groups excluding carboxylic acids is 1. The smallest absolute Gasteiger partial charge is 0.407 e. The second-order valence-electron chi connectivity index (χ2n) is 10.6. The normalized spacial score (nSPS) is 32.0. The number of ether oxygens (including phenoxy) is 1. The number of rotatable bonds is 6. The molecular weight excluding hydrogens is 437 g/mol. The fraction of sp³-hybridized carbons (Fsp3) is 0.583. The van der Waals surface area contributed by atoms with Gasteiger partial charge in [0, 0.05) is 41.5 Å². The van der Waals surface area contributed by atoms with Crippen LogP contribution in [0.5, 0.6) is 0 Å². The number of nitrogens with zero attached hydrogens (tertiary/aromatic N) is 4. The van der Waals surface area contributed by atoms with Crippen molar-refractivity contribution in [2.24, 2.45) is 5.92 Å². The van der Waals surface area contributed by atoms with Gasteiger partial charge >= 0.3 is 6.09 Å². The average Bonchev–Trinajstić information content (AvgIpc) is 3.43. The van der Waals surface area contributed by atoms with Crippen LogP contribution in [0.2, 0.25) is 0 Å². The van der Waals surface area contributed by atoms with Crippen LogP contribution in [0.25, 0.3) is 5.52 Å². The summed E-state index contributed by atoms with van der Waals surface area (Å²) < 4.78 is 22.5. The van der Waals surface area contributed by atoms with Gasteiger partial charge in [-0.25, -0.2) is 18.7 Å². The minimum absolute atomic E-state index is 0.0689. The molecule has 2 bridgehead atoms. The molecule has 5 saturated carbocycles. The van der Waals surface area contributed by atoms with E-state index in [-0.39, 0.29) is 11.5 Å². The van der Waals surface area contributed by atoms with Gasteiger partial charge in [-0.05, 0) is 56.9 Å². The van der Waals surface area contributed by atoms with E-state index in [1.165, 1.54) is 19.3 Å². The van der Waals surface area contributed by atoms with E-state index in [2.05, 4.69) is 31.9 Å². The van der Waals surface area contributed by atoms with Gasteiger partial charge in [-0.3, -0.25) is 5.10 Å². The van der Waals surface area contributed by atoms with Crippen LogP contribution in [0.15, 0.2) is 24.5 Å². The van der Waals surface area contributed by atoms with Crippen LogP contribution in [0.3, 0.4) is 0 Å².